The molecule has 1 aromatic heterocycles. The van der Waals surface area contributed by atoms with E-state index in [1.807, 2.05) is 30.3 Å². The highest BCUT2D eigenvalue weighted by Gasteiger charge is 2.27. The van der Waals surface area contributed by atoms with E-state index in [4.69, 9.17) is 4.74 Å². The number of benzene rings is 1. The van der Waals surface area contributed by atoms with Gasteiger partial charge in [-0.3, -0.25) is 9.59 Å². The van der Waals surface area contributed by atoms with Gasteiger partial charge in [0.25, 0.3) is 5.91 Å². The van der Waals surface area contributed by atoms with Crippen molar-refractivity contribution in [3.63, 3.8) is 0 Å². The standard InChI is InChI=1S/C19H21N3O3/c1-13(23)21-17-9-10-22(12-17)19(24)15-5-3-14(4-6-15)16-7-8-18(25-2)20-11-16/h3-8,11,17H,9-10,12H2,1-2H3,(H,21,23)/t17-/m0/s1. The average molecular weight is 339 g/mol. The molecule has 0 unspecified atom stereocenters. The molecule has 2 aromatic rings. The van der Waals surface area contributed by atoms with Crippen LogP contribution < -0.4 is 10.1 Å². The van der Waals surface area contributed by atoms with Crippen molar-refractivity contribution >= 4 is 11.8 Å². The van der Waals surface area contributed by atoms with E-state index < -0.39 is 0 Å². The summed E-state index contributed by atoms with van der Waals surface area (Å²) in [5.41, 5.74) is 2.60. The molecule has 6 nitrogen and oxygen atoms in total. The van der Waals surface area contributed by atoms with Crippen LogP contribution in [0.2, 0.25) is 0 Å². The van der Waals surface area contributed by atoms with Gasteiger partial charge >= 0.3 is 0 Å². The van der Waals surface area contributed by atoms with Crippen molar-refractivity contribution in [3.05, 3.63) is 48.2 Å². The van der Waals surface area contributed by atoms with Gasteiger partial charge in [0, 0.05) is 49.4 Å². The van der Waals surface area contributed by atoms with E-state index in [-0.39, 0.29) is 17.9 Å². The third-order valence-corrected chi connectivity index (χ3v) is 4.29. The number of rotatable bonds is 4. The van der Waals surface area contributed by atoms with Gasteiger partial charge in [-0.15, -0.1) is 0 Å². The molecule has 1 N–H and O–H groups in total. The van der Waals surface area contributed by atoms with Gasteiger partial charge in [0.2, 0.25) is 11.8 Å². The second kappa shape index (κ2) is 7.34. The first-order valence-electron chi connectivity index (χ1n) is 8.23. The third-order valence-electron chi connectivity index (χ3n) is 4.29. The number of methoxy groups -OCH3 is 1. The van der Waals surface area contributed by atoms with Gasteiger partial charge in [-0.25, -0.2) is 4.98 Å². The maximum Gasteiger partial charge on any atom is 0.253 e. The van der Waals surface area contributed by atoms with Crippen molar-refractivity contribution in [1.29, 1.82) is 0 Å². The Morgan fingerprint density at radius 2 is 1.88 bits per heavy atom. The number of nitrogens with zero attached hydrogens (tertiary/aromatic N) is 2. The highest BCUT2D eigenvalue weighted by atomic mass is 16.5. The fourth-order valence-corrected chi connectivity index (χ4v) is 3.01. The fourth-order valence-electron chi connectivity index (χ4n) is 3.01. The number of aromatic nitrogens is 1. The lowest BCUT2D eigenvalue weighted by atomic mass is 10.1. The number of hydrogen-bond acceptors (Lipinski definition) is 4. The van der Waals surface area contributed by atoms with Crippen LogP contribution in [0.1, 0.15) is 23.7 Å². The Kier molecular flexibility index (Phi) is 4.97. The molecule has 130 valence electrons. The number of nitrogens with one attached hydrogen (secondary N) is 1. The van der Waals surface area contributed by atoms with Crippen LogP contribution in [-0.2, 0) is 4.79 Å². The predicted molar refractivity (Wildman–Crippen MR) is 94.4 cm³/mol. The molecule has 1 aliphatic heterocycles. The number of pyridine rings is 1. The van der Waals surface area contributed by atoms with Crippen molar-refractivity contribution in [3.8, 4) is 17.0 Å². The highest BCUT2D eigenvalue weighted by Crippen LogP contribution is 2.22. The first-order valence-corrected chi connectivity index (χ1v) is 8.23. The van der Waals surface area contributed by atoms with E-state index in [0.717, 1.165) is 17.5 Å². The lowest BCUT2D eigenvalue weighted by molar-refractivity contribution is -0.119. The molecule has 1 aliphatic rings. The molecule has 1 fully saturated rings. The van der Waals surface area contributed by atoms with Crippen LogP contribution in [0.4, 0.5) is 0 Å². The molecule has 25 heavy (non-hydrogen) atoms. The summed E-state index contributed by atoms with van der Waals surface area (Å²) in [7, 11) is 1.58. The Balaban J connectivity index is 1.67. The van der Waals surface area contributed by atoms with E-state index in [1.54, 1.807) is 24.3 Å². The number of hydrogen-bond donors (Lipinski definition) is 1. The molecule has 2 amide bonds. The topological polar surface area (TPSA) is 71.5 Å². The largest absolute Gasteiger partial charge is 0.481 e. The molecule has 0 saturated carbocycles. The van der Waals surface area contributed by atoms with Gasteiger partial charge in [-0.2, -0.15) is 0 Å². The zero-order chi connectivity index (χ0) is 17.8. The number of amides is 2. The third kappa shape index (κ3) is 3.96. The van der Waals surface area contributed by atoms with Crippen LogP contribution in [0.15, 0.2) is 42.6 Å². The Morgan fingerprint density at radius 3 is 2.48 bits per heavy atom. The summed E-state index contributed by atoms with van der Waals surface area (Å²) in [5, 5.41) is 2.87. The molecule has 2 heterocycles. The molecule has 0 aliphatic carbocycles. The maximum atomic E-state index is 12.6. The number of carbonyl (C=O) groups is 2. The van der Waals surface area contributed by atoms with Gasteiger partial charge in [-0.05, 0) is 30.2 Å². The first kappa shape index (κ1) is 17.0. The second-order valence-corrected chi connectivity index (χ2v) is 6.10. The summed E-state index contributed by atoms with van der Waals surface area (Å²) in [4.78, 5) is 29.7. The molecule has 1 aromatic carbocycles. The van der Waals surface area contributed by atoms with E-state index in [9.17, 15) is 9.59 Å². The van der Waals surface area contributed by atoms with Crippen molar-refractivity contribution in [2.75, 3.05) is 20.2 Å². The first-order chi connectivity index (χ1) is 12.1. The Labute approximate surface area is 146 Å². The van der Waals surface area contributed by atoms with Gasteiger partial charge < -0.3 is 15.0 Å². The molecule has 6 heteroatoms. The van der Waals surface area contributed by atoms with Crippen molar-refractivity contribution in [1.82, 2.24) is 15.2 Å². The minimum atomic E-state index is -0.0586. The minimum absolute atomic E-state index is 0.00717. The van der Waals surface area contributed by atoms with Gasteiger partial charge in [-0.1, -0.05) is 12.1 Å². The Hall–Kier alpha value is -2.89. The highest BCUT2D eigenvalue weighted by molar-refractivity contribution is 5.95. The molecule has 0 radical (unpaired) electrons. The Morgan fingerprint density at radius 1 is 1.16 bits per heavy atom. The second-order valence-electron chi connectivity index (χ2n) is 6.10. The van der Waals surface area contributed by atoms with Crippen molar-refractivity contribution < 1.29 is 14.3 Å². The summed E-state index contributed by atoms with van der Waals surface area (Å²) in [6.07, 6.45) is 2.54. The lowest BCUT2D eigenvalue weighted by Gasteiger charge is -2.17. The normalized spacial score (nSPS) is 16.6. The minimum Gasteiger partial charge on any atom is -0.481 e. The molecule has 0 bridgehead atoms. The van der Waals surface area contributed by atoms with E-state index in [0.29, 0.717) is 24.5 Å². The van der Waals surface area contributed by atoms with Crippen molar-refractivity contribution in [2.45, 2.75) is 19.4 Å². The number of likely N-dealkylation sites (tertiary alicyclic amines) is 1. The summed E-state index contributed by atoms with van der Waals surface area (Å²) < 4.78 is 5.06. The number of ether oxygens (including phenoxy) is 1. The lowest BCUT2D eigenvalue weighted by Crippen LogP contribution is -2.37. The van der Waals surface area contributed by atoms with Crippen molar-refractivity contribution in [2.24, 2.45) is 0 Å². The van der Waals surface area contributed by atoms with Crippen LogP contribution in [0.25, 0.3) is 11.1 Å². The summed E-state index contributed by atoms with van der Waals surface area (Å²) in [6.45, 7) is 2.72. The SMILES string of the molecule is COc1ccc(-c2ccc(C(=O)N3CC[C@H](NC(C)=O)C3)cc2)cn1. The zero-order valence-corrected chi connectivity index (χ0v) is 14.4. The monoisotopic (exact) mass is 339 g/mol. The van der Waals surface area contributed by atoms with Crippen LogP contribution in [0.3, 0.4) is 0 Å². The fraction of sp³-hybridized carbons (Fsp3) is 0.316. The summed E-state index contributed by atoms with van der Waals surface area (Å²) in [6, 6.07) is 11.3. The quantitative estimate of drug-likeness (QED) is 0.926. The average Bonchev–Trinajstić information content (AvgIpc) is 3.09. The van der Waals surface area contributed by atoms with Gasteiger partial charge in [0.05, 0.1) is 7.11 Å². The summed E-state index contributed by atoms with van der Waals surface area (Å²) in [5.74, 6) is 0.502. The molecule has 1 saturated heterocycles. The Bertz CT molecular complexity index is 756. The zero-order valence-electron chi connectivity index (χ0n) is 14.4. The van der Waals surface area contributed by atoms with Crippen LogP contribution in [0.5, 0.6) is 5.88 Å². The number of carbonyl (C=O) groups excluding carboxylic acids is 2. The predicted octanol–water partition coefficient (Wildman–Crippen LogP) is 2.11. The molecule has 0 spiro atoms. The van der Waals surface area contributed by atoms with E-state index in [1.165, 1.54) is 6.92 Å². The van der Waals surface area contributed by atoms with Crippen LogP contribution in [-0.4, -0.2) is 47.9 Å². The molecular weight excluding hydrogens is 318 g/mol. The van der Waals surface area contributed by atoms with Crippen LogP contribution >= 0.6 is 0 Å². The smallest absolute Gasteiger partial charge is 0.253 e. The van der Waals surface area contributed by atoms with Crippen LogP contribution in [0, 0.1) is 0 Å². The van der Waals surface area contributed by atoms with E-state index >= 15 is 0 Å². The van der Waals surface area contributed by atoms with Gasteiger partial charge in [0.15, 0.2) is 0 Å². The van der Waals surface area contributed by atoms with E-state index in [2.05, 4.69) is 10.3 Å². The molecular formula is C19H21N3O3. The molecule has 3 rings (SSSR count). The summed E-state index contributed by atoms with van der Waals surface area (Å²) >= 11 is 0. The van der Waals surface area contributed by atoms with Gasteiger partial charge in [0.1, 0.15) is 0 Å². The maximum absolute atomic E-state index is 12.6. The molecule has 1 atom stereocenters.